The molecule has 2 aliphatic rings. The average molecular weight is 380 g/mol. The molecule has 2 aromatic heterocycles. The highest BCUT2D eigenvalue weighted by molar-refractivity contribution is 5.94. The van der Waals surface area contributed by atoms with Gasteiger partial charge in [-0.1, -0.05) is 17.3 Å². The van der Waals surface area contributed by atoms with Crippen LogP contribution in [0.2, 0.25) is 0 Å². The topological polar surface area (TPSA) is 73.0 Å². The van der Waals surface area contributed by atoms with E-state index in [9.17, 15) is 9.18 Å². The lowest BCUT2D eigenvalue weighted by Crippen LogP contribution is -2.32. The van der Waals surface area contributed by atoms with Crippen LogP contribution < -0.4 is 5.32 Å². The van der Waals surface area contributed by atoms with E-state index in [1.165, 1.54) is 6.07 Å². The van der Waals surface area contributed by atoms with Gasteiger partial charge in [0.15, 0.2) is 5.69 Å². The summed E-state index contributed by atoms with van der Waals surface area (Å²) in [4.78, 5) is 12.9. The highest BCUT2D eigenvalue weighted by Gasteiger charge is 2.30. The summed E-state index contributed by atoms with van der Waals surface area (Å²) in [6.07, 6.45) is 8.07. The fourth-order valence-electron chi connectivity index (χ4n) is 4.33. The van der Waals surface area contributed by atoms with E-state index in [2.05, 4.69) is 15.6 Å². The van der Waals surface area contributed by atoms with Crippen molar-refractivity contribution >= 4 is 5.91 Å². The fourth-order valence-corrected chi connectivity index (χ4v) is 4.33. The summed E-state index contributed by atoms with van der Waals surface area (Å²) in [5.74, 6) is 0.324. The molecule has 28 heavy (non-hydrogen) atoms. The number of aromatic nitrogens is 3. The largest absolute Gasteiger partial charge is 0.360 e. The number of para-hydroxylation sites is 1. The minimum atomic E-state index is -0.311. The van der Waals surface area contributed by atoms with Gasteiger partial charge < -0.3 is 9.84 Å². The second-order valence-corrected chi connectivity index (χ2v) is 7.47. The van der Waals surface area contributed by atoms with Crippen LogP contribution >= 0.6 is 0 Å². The second kappa shape index (κ2) is 6.89. The number of halogens is 1. The van der Waals surface area contributed by atoms with E-state index in [0.29, 0.717) is 11.4 Å². The zero-order chi connectivity index (χ0) is 19.1. The molecule has 0 radical (unpaired) electrons. The zero-order valence-electron chi connectivity index (χ0n) is 15.4. The second-order valence-electron chi connectivity index (χ2n) is 7.47. The molecule has 0 fully saturated rings. The summed E-state index contributed by atoms with van der Waals surface area (Å²) < 4.78 is 21.3. The van der Waals surface area contributed by atoms with Crippen molar-refractivity contribution in [3.63, 3.8) is 0 Å². The molecule has 1 aromatic carbocycles. The molecule has 0 aliphatic heterocycles. The molecule has 0 unspecified atom stereocenters. The Balaban J connectivity index is 1.42. The lowest BCUT2D eigenvalue weighted by molar-refractivity contribution is 0.0922. The number of hydrogen-bond donors (Lipinski definition) is 1. The summed E-state index contributed by atoms with van der Waals surface area (Å²) in [6, 6.07) is 6.44. The normalized spacial score (nSPS) is 18.4. The van der Waals surface area contributed by atoms with Crippen molar-refractivity contribution in [1.29, 1.82) is 0 Å². The van der Waals surface area contributed by atoms with Gasteiger partial charge in [0.1, 0.15) is 17.3 Å². The summed E-state index contributed by atoms with van der Waals surface area (Å²) in [7, 11) is 0. The lowest BCUT2D eigenvalue weighted by atomic mass is 9.92. The van der Waals surface area contributed by atoms with Crippen LogP contribution in [-0.4, -0.2) is 20.8 Å². The summed E-state index contributed by atoms with van der Waals surface area (Å²) in [5, 5.41) is 11.5. The minimum absolute atomic E-state index is 0.160. The third-order valence-electron chi connectivity index (χ3n) is 5.73. The molecular formula is C21H21FN4O2. The van der Waals surface area contributed by atoms with Crippen LogP contribution in [0.3, 0.4) is 0 Å². The smallest absolute Gasteiger partial charge is 0.274 e. The molecule has 1 atom stereocenters. The van der Waals surface area contributed by atoms with E-state index in [0.717, 1.165) is 67.5 Å². The van der Waals surface area contributed by atoms with Crippen LogP contribution in [0.5, 0.6) is 0 Å². The van der Waals surface area contributed by atoms with Gasteiger partial charge in [0.05, 0.1) is 12.2 Å². The third kappa shape index (κ3) is 2.82. The molecule has 1 amide bonds. The van der Waals surface area contributed by atoms with E-state index in [4.69, 9.17) is 4.52 Å². The van der Waals surface area contributed by atoms with E-state index in [1.807, 2.05) is 0 Å². The maximum Gasteiger partial charge on any atom is 0.274 e. The number of carbonyl (C=O) groups excluding carboxylic acids is 1. The lowest BCUT2D eigenvalue weighted by Gasteiger charge is -2.24. The molecule has 0 saturated heterocycles. The van der Waals surface area contributed by atoms with E-state index >= 15 is 0 Å². The van der Waals surface area contributed by atoms with Gasteiger partial charge in [0.25, 0.3) is 5.91 Å². The predicted molar refractivity (Wildman–Crippen MR) is 99.8 cm³/mol. The molecule has 5 rings (SSSR count). The van der Waals surface area contributed by atoms with Gasteiger partial charge in [0.2, 0.25) is 0 Å². The molecule has 6 nitrogen and oxygen atoms in total. The standard InChI is InChI=1S/C21H21FN4O2/c22-15-7-2-3-9-18(15)26-17-10-5-8-16(14(17)12-23-26)24-21(27)20-13-6-1-4-11-19(13)28-25-20/h2-3,7,9,12,16H,1,4-6,8,10-11H2,(H,24,27)/t16-/m0/s1. The molecule has 3 aromatic rings. The number of amides is 1. The van der Waals surface area contributed by atoms with Crippen molar-refractivity contribution in [2.45, 2.75) is 51.0 Å². The Bertz CT molecular complexity index is 1040. The molecule has 2 aliphatic carbocycles. The number of carbonyl (C=O) groups is 1. The van der Waals surface area contributed by atoms with Crippen LogP contribution in [0.4, 0.5) is 4.39 Å². The Morgan fingerprint density at radius 3 is 2.93 bits per heavy atom. The van der Waals surface area contributed by atoms with Crippen LogP contribution in [0.15, 0.2) is 35.0 Å². The number of hydrogen-bond acceptors (Lipinski definition) is 4. The van der Waals surface area contributed by atoms with Gasteiger partial charge in [-0.05, 0) is 50.7 Å². The Morgan fingerprint density at radius 1 is 1.18 bits per heavy atom. The molecule has 2 heterocycles. The van der Waals surface area contributed by atoms with Gasteiger partial charge in [-0.15, -0.1) is 0 Å². The number of benzene rings is 1. The molecule has 1 N–H and O–H groups in total. The van der Waals surface area contributed by atoms with Crippen molar-refractivity contribution in [2.24, 2.45) is 0 Å². The summed E-state index contributed by atoms with van der Waals surface area (Å²) in [6.45, 7) is 0. The van der Waals surface area contributed by atoms with Crippen molar-refractivity contribution in [2.75, 3.05) is 0 Å². The monoisotopic (exact) mass is 380 g/mol. The Kier molecular flexibility index (Phi) is 4.22. The first-order valence-corrected chi connectivity index (χ1v) is 9.82. The van der Waals surface area contributed by atoms with Gasteiger partial charge in [0, 0.05) is 23.2 Å². The number of nitrogens with one attached hydrogen (secondary N) is 1. The first kappa shape index (κ1) is 17.2. The minimum Gasteiger partial charge on any atom is -0.360 e. The van der Waals surface area contributed by atoms with Gasteiger partial charge in [-0.3, -0.25) is 4.79 Å². The number of fused-ring (bicyclic) bond motifs is 2. The Hall–Kier alpha value is -2.96. The van der Waals surface area contributed by atoms with Crippen LogP contribution in [0.25, 0.3) is 5.69 Å². The average Bonchev–Trinajstić information content (AvgIpc) is 3.33. The first-order chi connectivity index (χ1) is 13.7. The quantitative estimate of drug-likeness (QED) is 0.752. The molecule has 0 bridgehead atoms. The van der Waals surface area contributed by atoms with Crippen LogP contribution in [0, 0.1) is 5.82 Å². The number of nitrogens with zero attached hydrogens (tertiary/aromatic N) is 3. The molecule has 7 heteroatoms. The van der Waals surface area contributed by atoms with Gasteiger partial charge in [-0.2, -0.15) is 5.10 Å². The van der Waals surface area contributed by atoms with E-state index in [-0.39, 0.29) is 17.8 Å². The number of aryl methyl sites for hydroxylation is 1. The molecule has 0 saturated carbocycles. The maximum absolute atomic E-state index is 14.2. The van der Waals surface area contributed by atoms with Crippen LogP contribution in [-0.2, 0) is 19.3 Å². The van der Waals surface area contributed by atoms with Crippen LogP contribution in [0.1, 0.15) is 64.8 Å². The maximum atomic E-state index is 14.2. The highest BCUT2D eigenvalue weighted by Crippen LogP contribution is 2.32. The first-order valence-electron chi connectivity index (χ1n) is 9.82. The van der Waals surface area contributed by atoms with Crippen molar-refractivity contribution < 1.29 is 13.7 Å². The fraction of sp³-hybridized carbons (Fsp3) is 0.381. The molecular weight excluding hydrogens is 359 g/mol. The Labute approximate surface area is 161 Å². The van der Waals surface area contributed by atoms with E-state index < -0.39 is 0 Å². The highest BCUT2D eigenvalue weighted by atomic mass is 19.1. The molecule has 144 valence electrons. The van der Waals surface area contributed by atoms with Crippen molar-refractivity contribution in [3.05, 3.63) is 64.6 Å². The van der Waals surface area contributed by atoms with Gasteiger partial charge in [-0.25, -0.2) is 9.07 Å². The van der Waals surface area contributed by atoms with E-state index in [1.54, 1.807) is 29.1 Å². The summed E-state index contributed by atoms with van der Waals surface area (Å²) >= 11 is 0. The van der Waals surface area contributed by atoms with Crippen molar-refractivity contribution in [3.8, 4) is 5.69 Å². The van der Waals surface area contributed by atoms with Gasteiger partial charge >= 0.3 is 0 Å². The SMILES string of the molecule is O=C(N[C@H]1CCCc2c1cnn2-c1ccccc1F)c1noc2c1CCCC2. The molecule has 0 spiro atoms. The third-order valence-corrected chi connectivity index (χ3v) is 5.73. The number of rotatable bonds is 3. The zero-order valence-corrected chi connectivity index (χ0v) is 15.4. The Morgan fingerprint density at radius 2 is 2.04 bits per heavy atom. The van der Waals surface area contributed by atoms with Crippen molar-refractivity contribution in [1.82, 2.24) is 20.3 Å². The predicted octanol–water partition coefficient (Wildman–Crippen LogP) is 3.69. The summed E-state index contributed by atoms with van der Waals surface area (Å²) in [5.41, 5.74) is 3.68.